The van der Waals surface area contributed by atoms with E-state index in [4.69, 9.17) is 18.6 Å². The van der Waals surface area contributed by atoms with Gasteiger partial charge >= 0.3 is 0 Å². The van der Waals surface area contributed by atoms with Crippen LogP contribution in [0.5, 0.6) is 17.2 Å². The Morgan fingerprint density at radius 3 is 2.44 bits per heavy atom. The van der Waals surface area contributed by atoms with Gasteiger partial charge in [-0.2, -0.15) is 0 Å². The van der Waals surface area contributed by atoms with Gasteiger partial charge in [0, 0.05) is 23.3 Å². The highest BCUT2D eigenvalue weighted by atomic mass is 16.5. The minimum absolute atomic E-state index is 0.126. The number of rotatable bonds is 3. The second-order valence-corrected chi connectivity index (χ2v) is 7.32. The van der Waals surface area contributed by atoms with E-state index < -0.39 is 0 Å². The molecule has 0 bridgehead atoms. The Labute approximate surface area is 157 Å². The Balaban J connectivity index is 1.94. The van der Waals surface area contributed by atoms with Crippen LogP contribution in [0.25, 0.3) is 22.3 Å². The third-order valence-corrected chi connectivity index (χ3v) is 4.99. The predicted molar refractivity (Wildman–Crippen MR) is 104 cm³/mol. The average molecular weight is 366 g/mol. The Morgan fingerprint density at radius 2 is 1.78 bits per heavy atom. The molecule has 0 spiro atoms. The molecule has 1 aliphatic heterocycles. The van der Waals surface area contributed by atoms with Crippen LogP contribution in [-0.2, 0) is 6.42 Å². The van der Waals surface area contributed by atoms with E-state index in [2.05, 4.69) is 0 Å². The summed E-state index contributed by atoms with van der Waals surface area (Å²) in [6.07, 6.45) is 1.65. The zero-order valence-corrected chi connectivity index (χ0v) is 15.9. The Hall–Kier alpha value is -2.95. The predicted octanol–water partition coefficient (Wildman–Crippen LogP) is 4.58. The van der Waals surface area contributed by atoms with Gasteiger partial charge in [0.1, 0.15) is 39.6 Å². The average Bonchev–Trinajstić information content (AvgIpc) is 2.66. The van der Waals surface area contributed by atoms with Crippen molar-refractivity contribution in [3.63, 3.8) is 0 Å². The van der Waals surface area contributed by atoms with E-state index in [-0.39, 0.29) is 11.0 Å². The highest BCUT2D eigenvalue weighted by molar-refractivity contribution is 5.88. The van der Waals surface area contributed by atoms with Crippen molar-refractivity contribution >= 4 is 11.0 Å². The van der Waals surface area contributed by atoms with Gasteiger partial charge in [-0.15, -0.1) is 0 Å². The molecule has 0 N–H and O–H groups in total. The minimum Gasteiger partial charge on any atom is -0.497 e. The van der Waals surface area contributed by atoms with Gasteiger partial charge in [-0.1, -0.05) is 0 Å². The molecule has 0 unspecified atom stereocenters. The molecular formula is C22H22O5. The smallest absolute Gasteiger partial charge is 0.197 e. The lowest BCUT2D eigenvalue weighted by Crippen LogP contribution is -2.33. The van der Waals surface area contributed by atoms with Crippen molar-refractivity contribution < 1.29 is 18.6 Å². The van der Waals surface area contributed by atoms with Crippen LogP contribution in [0.15, 0.2) is 45.6 Å². The molecule has 0 saturated carbocycles. The van der Waals surface area contributed by atoms with Gasteiger partial charge in [-0.3, -0.25) is 4.79 Å². The first-order chi connectivity index (χ1) is 12.9. The number of fused-ring (bicyclic) bond motifs is 3. The van der Waals surface area contributed by atoms with Gasteiger partial charge in [-0.25, -0.2) is 0 Å². The van der Waals surface area contributed by atoms with Gasteiger partial charge in [0.2, 0.25) is 0 Å². The van der Waals surface area contributed by atoms with Crippen molar-refractivity contribution in [3.8, 4) is 28.6 Å². The van der Waals surface area contributed by atoms with Crippen molar-refractivity contribution in [3.05, 3.63) is 52.2 Å². The SMILES string of the molecule is COc1ccc(-c2cc(=O)c3c4c(c(OC)cc3o2)CCC(C)(C)O4)cc1. The Kier molecular flexibility index (Phi) is 4.10. The lowest BCUT2D eigenvalue weighted by Gasteiger charge is -2.33. The van der Waals surface area contributed by atoms with Crippen molar-refractivity contribution in [2.45, 2.75) is 32.3 Å². The summed E-state index contributed by atoms with van der Waals surface area (Å²) in [6.45, 7) is 4.04. The highest BCUT2D eigenvalue weighted by Gasteiger charge is 2.31. The summed E-state index contributed by atoms with van der Waals surface area (Å²) in [5.74, 6) is 2.50. The fourth-order valence-electron chi connectivity index (χ4n) is 3.49. The fraction of sp³-hybridized carbons (Fsp3) is 0.318. The lowest BCUT2D eigenvalue weighted by atomic mass is 9.92. The van der Waals surface area contributed by atoms with Crippen LogP contribution in [-0.4, -0.2) is 19.8 Å². The van der Waals surface area contributed by atoms with Gasteiger partial charge in [0.15, 0.2) is 5.43 Å². The highest BCUT2D eigenvalue weighted by Crippen LogP contribution is 2.43. The number of methoxy groups -OCH3 is 2. The second kappa shape index (κ2) is 6.34. The third kappa shape index (κ3) is 3.03. The monoisotopic (exact) mass is 366 g/mol. The van der Waals surface area contributed by atoms with Gasteiger partial charge < -0.3 is 18.6 Å². The summed E-state index contributed by atoms with van der Waals surface area (Å²) in [6, 6.07) is 10.7. The van der Waals surface area contributed by atoms with E-state index in [0.29, 0.717) is 28.2 Å². The van der Waals surface area contributed by atoms with E-state index in [1.54, 1.807) is 20.3 Å². The number of hydrogen-bond acceptors (Lipinski definition) is 5. The molecule has 1 aromatic heterocycles. The van der Waals surface area contributed by atoms with E-state index in [9.17, 15) is 4.79 Å². The van der Waals surface area contributed by atoms with Crippen molar-refractivity contribution in [2.24, 2.45) is 0 Å². The van der Waals surface area contributed by atoms with Crippen molar-refractivity contribution in [1.29, 1.82) is 0 Å². The van der Waals surface area contributed by atoms with Crippen LogP contribution >= 0.6 is 0 Å². The number of hydrogen-bond donors (Lipinski definition) is 0. The molecule has 140 valence electrons. The summed E-state index contributed by atoms with van der Waals surface area (Å²) in [4.78, 5) is 13.0. The first-order valence-corrected chi connectivity index (χ1v) is 8.93. The molecule has 1 aliphatic rings. The summed E-state index contributed by atoms with van der Waals surface area (Å²) in [5.41, 5.74) is 1.72. The van der Waals surface area contributed by atoms with Gasteiger partial charge in [0.05, 0.1) is 14.2 Å². The van der Waals surface area contributed by atoms with Gasteiger partial charge in [-0.05, 0) is 51.0 Å². The second-order valence-electron chi connectivity index (χ2n) is 7.32. The maximum atomic E-state index is 13.0. The number of ether oxygens (including phenoxy) is 3. The zero-order valence-electron chi connectivity index (χ0n) is 15.9. The Morgan fingerprint density at radius 1 is 1.04 bits per heavy atom. The Bertz CT molecular complexity index is 1060. The fourth-order valence-corrected chi connectivity index (χ4v) is 3.49. The van der Waals surface area contributed by atoms with Crippen molar-refractivity contribution in [1.82, 2.24) is 0 Å². The van der Waals surface area contributed by atoms with Crippen LogP contribution in [0.1, 0.15) is 25.8 Å². The van der Waals surface area contributed by atoms with Crippen LogP contribution in [0.4, 0.5) is 0 Å². The first-order valence-electron chi connectivity index (χ1n) is 8.93. The summed E-state index contributed by atoms with van der Waals surface area (Å²) >= 11 is 0. The molecule has 0 atom stereocenters. The van der Waals surface area contributed by atoms with Gasteiger partial charge in [0.25, 0.3) is 0 Å². The molecular weight excluding hydrogens is 344 g/mol. The molecule has 3 aromatic rings. The molecule has 4 rings (SSSR count). The molecule has 2 aromatic carbocycles. The van der Waals surface area contributed by atoms with E-state index in [1.807, 2.05) is 38.1 Å². The molecule has 0 aliphatic carbocycles. The molecule has 0 fully saturated rings. The van der Waals surface area contributed by atoms with Crippen LogP contribution in [0.2, 0.25) is 0 Å². The van der Waals surface area contributed by atoms with Crippen LogP contribution < -0.4 is 19.6 Å². The van der Waals surface area contributed by atoms with E-state index >= 15 is 0 Å². The van der Waals surface area contributed by atoms with Crippen LogP contribution in [0, 0.1) is 0 Å². The van der Waals surface area contributed by atoms with Crippen LogP contribution in [0.3, 0.4) is 0 Å². The zero-order chi connectivity index (χ0) is 19.2. The molecule has 5 nitrogen and oxygen atoms in total. The molecule has 0 amide bonds. The van der Waals surface area contributed by atoms with E-state index in [1.165, 1.54) is 6.07 Å². The summed E-state index contributed by atoms with van der Waals surface area (Å²) in [5, 5.41) is 0.468. The van der Waals surface area contributed by atoms with E-state index in [0.717, 1.165) is 29.7 Å². The lowest BCUT2D eigenvalue weighted by molar-refractivity contribution is 0.0857. The molecule has 5 heteroatoms. The minimum atomic E-state index is -0.340. The topological polar surface area (TPSA) is 57.9 Å². The molecule has 2 heterocycles. The maximum absolute atomic E-state index is 13.0. The first kappa shape index (κ1) is 17.5. The number of benzene rings is 2. The standard InChI is InChI=1S/C22H22O5/c1-22(2)10-9-15-18(25-4)12-19-20(21(15)27-22)16(23)11-17(26-19)13-5-7-14(24-3)8-6-13/h5-8,11-12H,9-10H2,1-4H3. The summed E-state index contributed by atoms with van der Waals surface area (Å²) < 4.78 is 23.0. The molecule has 27 heavy (non-hydrogen) atoms. The maximum Gasteiger partial charge on any atom is 0.197 e. The normalized spacial score (nSPS) is 15.1. The molecule has 0 radical (unpaired) electrons. The van der Waals surface area contributed by atoms with Crippen molar-refractivity contribution in [2.75, 3.05) is 14.2 Å². The summed E-state index contributed by atoms with van der Waals surface area (Å²) in [7, 11) is 3.23. The third-order valence-electron chi connectivity index (χ3n) is 4.99. The largest absolute Gasteiger partial charge is 0.497 e. The quantitative estimate of drug-likeness (QED) is 0.679. The molecule has 0 saturated heterocycles.